The van der Waals surface area contributed by atoms with Crippen LogP contribution in [0.2, 0.25) is 0 Å². The fraction of sp³-hybridized carbons (Fsp3) is 0.250. The van der Waals surface area contributed by atoms with Gasteiger partial charge >= 0.3 is 0 Å². The van der Waals surface area contributed by atoms with Gasteiger partial charge in [0.2, 0.25) is 11.7 Å². The number of nitrogens with zero attached hydrogens (tertiary/aromatic N) is 4. The molecule has 6 nitrogen and oxygen atoms in total. The molecule has 0 bridgehead atoms. The van der Waals surface area contributed by atoms with E-state index in [9.17, 15) is 4.79 Å². The van der Waals surface area contributed by atoms with Crippen molar-refractivity contribution in [2.45, 2.75) is 26.8 Å². The molecule has 1 aromatic carbocycles. The quantitative estimate of drug-likeness (QED) is 0.782. The van der Waals surface area contributed by atoms with Gasteiger partial charge in [-0.2, -0.15) is 4.80 Å². The molecule has 3 aromatic rings. The number of amides is 1. The van der Waals surface area contributed by atoms with Crippen molar-refractivity contribution in [1.82, 2.24) is 20.2 Å². The molecule has 1 N–H and O–H groups in total. The van der Waals surface area contributed by atoms with Gasteiger partial charge in [0.25, 0.3) is 0 Å². The van der Waals surface area contributed by atoms with E-state index in [0.29, 0.717) is 5.82 Å². The Morgan fingerprint density at radius 2 is 2.17 bits per heavy atom. The van der Waals surface area contributed by atoms with Gasteiger partial charge in [0.15, 0.2) is 0 Å². The maximum Gasteiger partial charge on any atom is 0.248 e. The molecular weight excluding hydrogens is 310 g/mol. The van der Waals surface area contributed by atoms with E-state index < -0.39 is 0 Å². The monoisotopic (exact) mass is 327 g/mol. The fourth-order valence-electron chi connectivity index (χ4n) is 2.32. The van der Waals surface area contributed by atoms with Crippen molar-refractivity contribution >= 4 is 22.9 Å². The molecule has 7 heteroatoms. The van der Waals surface area contributed by atoms with E-state index in [1.807, 2.05) is 42.6 Å². The number of hydrogen-bond donors (Lipinski definition) is 1. The number of rotatable bonds is 5. The van der Waals surface area contributed by atoms with Crippen LogP contribution in [0.3, 0.4) is 0 Å². The first kappa shape index (κ1) is 15.4. The second-order valence-corrected chi connectivity index (χ2v) is 6.08. The summed E-state index contributed by atoms with van der Waals surface area (Å²) < 4.78 is 0. The topological polar surface area (TPSA) is 72.7 Å². The van der Waals surface area contributed by atoms with Crippen molar-refractivity contribution in [3.05, 3.63) is 46.8 Å². The number of nitrogens with one attached hydrogen (secondary N) is 1. The summed E-state index contributed by atoms with van der Waals surface area (Å²) >= 11 is 1.54. The third-order valence-corrected chi connectivity index (χ3v) is 4.35. The van der Waals surface area contributed by atoms with Gasteiger partial charge in [0, 0.05) is 5.69 Å². The Bertz CT molecular complexity index is 810. The Kier molecular flexibility index (Phi) is 4.47. The zero-order chi connectivity index (χ0) is 16.2. The van der Waals surface area contributed by atoms with Gasteiger partial charge in [-0.05, 0) is 41.1 Å². The summed E-state index contributed by atoms with van der Waals surface area (Å²) in [4.78, 5) is 14.5. The average Bonchev–Trinajstić information content (AvgIpc) is 3.20. The van der Waals surface area contributed by atoms with Gasteiger partial charge in [0.1, 0.15) is 6.54 Å². The standard InChI is InChI=1S/C16H17N5OS/c1-3-12-7-4-6-11(2)15(12)17-14(22)10-21-19-16(18-20-21)13-8-5-9-23-13/h4-9H,3,10H2,1-2H3,(H,17,22). The summed E-state index contributed by atoms with van der Waals surface area (Å²) in [5.74, 6) is 0.377. The lowest BCUT2D eigenvalue weighted by molar-refractivity contribution is -0.117. The average molecular weight is 327 g/mol. The molecule has 0 atom stereocenters. The van der Waals surface area contributed by atoms with Crippen LogP contribution in [0.1, 0.15) is 18.1 Å². The molecule has 0 spiro atoms. The highest BCUT2D eigenvalue weighted by Gasteiger charge is 2.12. The number of para-hydroxylation sites is 1. The molecule has 118 valence electrons. The van der Waals surface area contributed by atoms with Crippen LogP contribution >= 0.6 is 11.3 Å². The largest absolute Gasteiger partial charge is 0.324 e. The summed E-state index contributed by atoms with van der Waals surface area (Å²) in [5, 5.41) is 17.1. The maximum atomic E-state index is 12.3. The van der Waals surface area contributed by atoms with E-state index in [1.165, 1.54) is 16.1 Å². The first-order valence-corrected chi connectivity index (χ1v) is 8.25. The van der Waals surface area contributed by atoms with Crippen molar-refractivity contribution in [3.8, 4) is 10.7 Å². The van der Waals surface area contributed by atoms with Crippen LogP contribution in [0.5, 0.6) is 0 Å². The lowest BCUT2D eigenvalue weighted by atomic mass is 10.1. The van der Waals surface area contributed by atoms with Crippen molar-refractivity contribution in [3.63, 3.8) is 0 Å². The molecule has 0 aliphatic carbocycles. The summed E-state index contributed by atoms with van der Waals surface area (Å²) in [6.07, 6.45) is 0.862. The summed E-state index contributed by atoms with van der Waals surface area (Å²) in [6.45, 7) is 4.09. The Morgan fingerprint density at radius 1 is 1.30 bits per heavy atom. The maximum absolute atomic E-state index is 12.3. The van der Waals surface area contributed by atoms with E-state index >= 15 is 0 Å². The van der Waals surface area contributed by atoms with E-state index in [0.717, 1.165) is 28.1 Å². The number of benzene rings is 1. The molecule has 3 rings (SSSR count). The number of tetrazole rings is 1. The van der Waals surface area contributed by atoms with E-state index in [1.54, 1.807) is 0 Å². The predicted octanol–water partition coefficient (Wildman–Crippen LogP) is 2.91. The Balaban J connectivity index is 1.71. The van der Waals surface area contributed by atoms with Gasteiger partial charge in [-0.3, -0.25) is 4.79 Å². The van der Waals surface area contributed by atoms with Crippen LogP contribution in [0, 0.1) is 6.92 Å². The number of carbonyl (C=O) groups is 1. The van der Waals surface area contributed by atoms with Gasteiger partial charge < -0.3 is 5.32 Å². The van der Waals surface area contributed by atoms with Gasteiger partial charge in [-0.1, -0.05) is 31.2 Å². The molecule has 0 aliphatic rings. The van der Waals surface area contributed by atoms with Crippen LogP contribution < -0.4 is 5.32 Å². The molecule has 23 heavy (non-hydrogen) atoms. The Labute approximate surface area is 138 Å². The molecule has 0 radical (unpaired) electrons. The second-order valence-electron chi connectivity index (χ2n) is 5.13. The van der Waals surface area contributed by atoms with E-state index in [-0.39, 0.29) is 12.5 Å². The first-order chi connectivity index (χ1) is 11.2. The number of aromatic nitrogens is 4. The molecule has 0 saturated carbocycles. The van der Waals surface area contributed by atoms with Crippen LogP contribution in [-0.4, -0.2) is 26.1 Å². The van der Waals surface area contributed by atoms with Gasteiger partial charge in [-0.15, -0.1) is 21.5 Å². The lowest BCUT2D eigenvalue weighted by Crippen LogP contribution is -2.21. The predicted molar refractivity (Wildman–Crippen MR) is 90.3 cm³/mol. The highest BCUT2D eigenvalue weighted by molar-refractivity contribution is 7.13. The smallest absolute Gasteiger partial charge is 0.248 e. The third-order valence-electron chi connectivity index (χ3n) is 3.48. The lowest BCUT2D eigenvalue weighted by Gasteiger charge is -2.12. The highest BCUT2D eigenvalue weighted by atomic mass is 32.1. The Morgan fingerprint density at radius 3 is 2.91 bits per heavy atom. The first-order valence-electron chi connectivity index (χ1n) is 7.37. The van der Waals surface area contributed by atoms with Crippen molar-refractivity contribution in [1.29, 1.82) is 0 Å². The minimum absolute atomic E-state index is 0.0376. The number of aryl methyl sites for hydroxylation is 2. The fourth-order valence-corrected chi connectivity index (χ4v) is 2.97. The number of anilines is 1. The molecule has 0 fully saturated rings. The molecule has 1 amide bonds. The van der Waals surface area contributed by atoms with Crippen LogP contribution in [-0.2, 0) is 17.8 Å². The van der Waals surface area contributed by atoms with Crippen molar-refractivity contribution in [2.24, 2.45) is 0 Å². The minimum Gasteiger partial charge on any atom is -0.324 e. The van der Waals surface area contributed by atoms with Crippen molar-refractivity contribution < 1.29 is 4.79 Å². The van der Waals surface area contributed by atoms with Crippen LogP contribution in [0.4, 0.5) is 5.69 Å². The zero-order valence-corrected chi connectivity index (χ0v) is 13.8. The third kappa shape index (κ3) is 3.45. The summed E-state index contributed by atoms with van der Waals surface area (Å²) in [7, 11) is 0. The molecule has 0 unspecified atom stereocenters. The molecule has 2 heterocycles. The highest BCUT2D eigenvalue weighted by Crippen LogP contribution is 2.21. The van der Waals surface area contributed by atoms with Crippen LogP contribution in [0.15, 0.2) is 35.7 Å². The number of hydrogen-bond acceptors (Lipinski definition) is 5. The molecule has 0 aliphatic heterocycles. The number of thiophene rings is 1. The van der Waals surface area contributed by atoms with Gasteiger partial charge in [0.05, 0.1) is 4.88 Å². The normalized spacial score (nSPS) is 10.7. The molecule has 2 aromatic heterocycles. The number of carbonyl (C=O) groups excluding carboxylic acids is 1. The van der Waals surface area contributed by atoms with E-state index in [2.05, 4.69) is 27.7 Å². The Hall–Kier alpha value is -2.54. The summed E-state index contributed by atoms with van der Waals surface area (Å²) in [6, 6.07) is 9.85. The SMILES string of the molecule is CCc1cccc(C)c1NC(=O)Cn1nnc(-c2cccs2)n1. The van der Waals surface area contributed by atoms with E-state index in [4.69, 9.17) is 0 Å². The van der Waals surface area contributed by atoms with Crippen LogP contribution in [0.25, 0.3) is 10.7 Å². The molecule has 0 saturated heterocycles. The zero-order valence-electron chi connectivity index (χ0n) is 13.0. The second kappa shape index (κ2) is 6.70. The van der Waals surface area contributed by atoms with Crippen molar-refractivity contribution in [2.75, 3.05) is 5.32 Å². The molecular formula is C16H17N5OS. The summed E-state index contributed by atoms with van der Waals surface area (Å²) in [5.41, 5.74) is 3.03. The van der Waals surface area contributed by atoms with Gasteiger partial charge in [-0.25, -0.2) is 0 Å². The minimum atomic E-state index is -0.163.